The van der Waals surface area contributed by atoms with Crippen LogP contribution in [0.4, 0.5) is 0 Å². The molecule has 0 atom stereocenters. The van der Waals surface area contributed by atoms with Crippen LogP contribution in [0, 0.1) is 0 Å². The first-order chi connectivity index (χ1) is 9.32. The number of carbonyl (C=O) groups is 2. The summed E-state index contributed by atoms with van der Waals surface area (Å²) >= 11 is 0. The normalized spacial score (nSPS) is 16.0. The Kier molecular flexibility index (Phi) is 6.45. The van der Waals surface area contributed by atoms with E-state index in [1.807, 2.05) is 0 Å². The first-order valence-corrected chi connectivity index (χ1v) is 8.82. The molecule has 116 valence electrons. The number of nitrogens with zero attached hydrogens (tertiary/aromatic N) is 2. The number of hydrogen-bond acceptors (Lipinski definition) is 4. The SMILES string of the molecule is CN(C)C(=O)CCCS(=O)(=O)CC(=O)N1CCCCC1. The zero-order chi connectivity index (χ0) is 15.2. The molecule has 0 aromatic heterocycles. The van der Waals surface area contributed by atoms with E-state index in [2.05, 4.69) is 0 Å². The molecule has 0 saturated carbocycles. The van der Waals surface area contributed by atoms with E-state index < -0.39 is 15.6 Å². The lowest BCUT2D eigenvalue weighted by Gasteiger charge is -2.26. The number of amides is 2. The first-order valence-electron chi connectivity index (χ1n) is 7.00. The molecule has 1 rings (SSSR count). The van der Waals surface area contributed by atoms with E-state index in [9.17, 15) is 18.0 Å². The Hall–Kier alpha value is -1.11. The molecule has 0 N–H and O–H groups in total. The predicted molar refractivity (Wildman–Crippen MR) is 77.0 cm³/mol. The van der Waals surface area contributed by atoms with Crippen molar-refractivity contribution in [3.63, 3.8) is 0 Å². The molecule has 0 bridgehead atoms. The molecule has 6 nitrogen and oxygen atoms in total. The van der Waals surface area contributed by atoms with Crippen LogP contribution in [0.1, 0.15) is 32.1 Å². The van der Waals surface area contributed by atoms with Crippen molar-refractivity contribution in [2.24, 2.45) is 0 Å². The molecule has 2 amide bonds. The number of likely N-dealkylation sites (tertiary alicyclic amines) is 1. The number of carbonyl (C=O) groups excluding carboxylic acids is 2. The maximum absolute atomic E-state index is 11.9. The minimum absolute atomic E-state index is 0.0949. The summed E-state index contributed by atoms with van der Waals surface area (Å²) in [6.07, 6.45) is 3.46. The van der Waals surface area contributed by atoms with Crippen LogP contribution < -0.4 is 0 Å². The molecule has 1 fully saturated rings. The van der Waals surface area contributed by atoms with Crippen LogP contribution in [-0.2, 0) is 19.4 Å². The second kappa shape index (κ2) is 7.61. The van der Waals surface area contributed by atoms with Gasteiger partial charge in [0, 0.05) is 33.6 Å². The number of hydrogen-bond donors (Lipinski definition) is 0. The maximum Gasteiger partial charge on any atom is 0.237 e. The largest absolute Gasteiger partial charge is 0.349 e. The van der Waals surface area contributed by atoms with Crippen LogP contribution in [0.5, 0.6) is 0 Å². The van der Waals surface area contributed by atoms with E-state index in [0.29, 0.717) is 13.1 Å². The lowest BCUT2D eigenvalue weighted by Crippen LogP contribution is -2.39. The number of rotatable bonds is 6. The molecule has 1 aliphatic heterocycles. The van der Waals surface area contributed by atoms with Crippen LogP contribution in [0.2, 0.25) is 0 Å². The Balaban J connectivity index is 2.37. The van der Waals surface area contributed by atoms with Gasteiger partial charge in [0.1, 0.15) is 5.75 Å². The molecule has 20 heavy (non-hydrogen) atoms. The smallest absolute Gasteiger partial charge is 0.237 e. The van der Waals surface area contributed by atoms with Crippen molar-refractivity contribution in [1.29, 1.82) is 0 Å². The Labute approximate surface area is 121 Å². The summed E-state index contributed by atoms with van der Waals surface area (Å²) in [6, 6.07) is 0. The van der Waals surface area contributed by atoms with Gasteiger partial charge in [0.2, 0.25) is 11.8 Å². The molecule has 1 aliphatic rings. The second-order valence-corrected chi connectivity index (χ2v) is 7.61. The van der Waals surface area contributed by atoms with Gasteiger partial charge in [-0.25, -0.2) is 8.42 Å². The molecule has 0 unspecified atom stereocenters. The number of piperidine rings is 1. The fourth-order valence-electron chi connectivity index (χ4n) is 2.16. The average molecular weight is 304 g/mol. The van der Waals surface area contributed by atoms with Crippen LogP contribution in [0.25, 0.3) is 0 Å². The Morgan fingerprint density at radius 3 is 2.25 bits per heavy atom. The van der Waals surface area contributed by atoms with Crippen LogP contribution >= 0.6 is 0 Å². The lowest BCUT2D eigenvalue weighted by atomic mass is 10.1. The molecular weight excluding hydrogens is 280 g/mol. The van der Waals surface area contributed by atoms with Crippen LogP contribution in [0.15, 0.2) is 0 Å². The summed E-state index contributed by atoms with van der Waals surface area (Å²) in [5, 5.41) is 0. The molecule has 1 saturated heterocycles. The van der Waals surface area contributed by atoms with Gasteiger partial charge in [-0.05, 0) is 25.7 Å². The average Bonchev–Trinajstić information content (AvgIpc) is 2.38. The van der Waals surface area contributed by atoms with E-state index >= 15 is 0 Å². The molecule has 0 radical (unpaired) electrons. The highest BCUT2D eigenvalue weighted by Crippen LogP contribution is 2.10. The Morgan fingerprint density at radius 2 is 1.70 bits per heavy atom. The fourth-order valence-corrected chi connectivity index (χ4v) is 3.45. The van der Waals surface area contributed by atoms with Gasteiger partial charge in [-0.1, -0.05) is 0 Å². The van der Waals surface area contributed by atoms with E-state index in [-0.39, 0.29) is 30.4 Å². The summed E-state index contributed by atoms with van der Waals surface area (Å²) in [7, 11) is -0.142. The molecule has 0 aliphatic carbocycles. The van der Waals surface area contributed by atoms with E-state index in [1.165, 1.54) is 4.90 Å². The minimum Gasteiger partial charge on any atom is -0.349 e. The second-order valence-electron chi connectivity index (χ2n) is 5.43. The van der Waals surface area contributed by atoms with Gasteiger partial charge in [0.25, 0.3) is 0 Å². The molecule has 1 heterocycles. The van der Waals surface area contributed by atoms with Gasteiger partial charge in [0.15, 0.2) is 9.84 Å². The third-order valence-corrected chi connectivity index (χ3v) is 4.99. The third kappa shape index (κ3) is 5.90. The number of sulfone groups is 1. The highest BCUT2D eigenvalue weighted by atomic mass is 32.2. The summed E-state index contributed by atoms with van der Waals surface area (Å²) in [6.45, 7) is 1.32. The molecule has 7 heteroatoms. The zero-order valence-electron chi connectivity index (χ0n) is 12.3. The van der Waals surface area contributed by atoms with Crippen molar-refractivity contribution in [1.82, 2.24) is 9.80 Å². The van der Waals surface area contributed by atoms with Gasteiger partial charge in [-0.15, -0.1) is 0 Å². The van der Waals surface area contributed by atoms with Crippen LogP contribution in [0.3, 0.4) is 0 Å². The van der Waals surface area contributed by atoms with E-state index in [0.717, 1.165) is 19.3 Å². The van der Waals surface area contributed by atoms with E-state index in [1.54, 1.807) is 19.0 Å². The summed E-state index contributed by atoms with van der Waals surface area (Å²) in [5.74, 6) is -0.929. The lowest BCUT2D eigenvalue weighted by molar-refractivity contribution is -0.129. The van der Waals surface area contributed by atoms with Gasteiger partial charge in [-0.2, -0.15) is 0 Å². The van der Waals surface area contributed by atoms with Gasteiger partial charge in [-0.3, -0.25) is 9.59 Å². The van der Waals surface area contributed by atoms with Crippen molar-refractivity contribution in [2.75, 3.05) is 38.7 Å². The first kappa shape index (κ1) is 16.9. The van der Waals surface area contributed by atoms with Crippen LogP contribution in [-0.4, -0.2) is 68.7 Å². The quantitative estimate of drug-likeness (QED) is 0.706. The van der Waals surface area contributed by atoms with Crippen molar-refractivity contribution < 1.29 is 18.0 Å². The highest BCUT2D eigenvalue weighted by Gasteiger charge is 2.23. The molecule has 0 aromatic carbocycles. The van der Waals surface area contributed by atoms with Gasteiger partial charge >= 0.3 is 0 Å². The van der Waals surface area contributed by atoms with Crippen molar-refractivity contribution in [3.05, 3.63) is 0 Å². The monoisotopic (exact) mass is 304 g/mol. The van der Waals surface area contributed by atoms with E-state index in [4.69, 9.17) is 0 Å². The summed E-state index contributed by atoms with van der Waals surface area (Å²) in [4.78, 5) is 26.3. The maximum atomic E-state index is 11.9. The fraction of sp³-hybridized carbons (Fsp3) is 0.846. The van der Waals surface area contributed by atoms with Gasteiger partial charge < -0.3 is 9.80 Å². The Morgan fingerprint density at radius 1 is 1.10 bits per heavy atom. The van der Waals surface area contributed by atoms with Gasteiger partial charge in [0.05, 0.1) is 5.75 Å². The molecular formula is C13H24N2O4S. The Bertz CT molecular complexity index is 439. The van der Waals surface area contributed by atoms with Crippen molar-refractivity contribution in [3.8, 4) is 0 Å². The van der Waals surface area contributed by atoms with Crippen molar-refractivity contribution >= 4 is 21.7 Å². The van der Waals surface area contributed by atoms with Crippen molar-refractivity contribution in [2.45, 2.75) is 32.1 Å². The zero-order valence-corrected chi connectivity index (χ0v) is 13.1. The summed E-state index contributed by atoms with van der Waals surface area (Å²) < 4.78 is 23.7. The standard InChI is InChI=1S/C13H24N2O4S/c1-14(2)12(16)7-6-10-20(18,19)11-13(17)15-8-4-3-5-9-15/h3-11H2,1-2H3. The third-order valence-electron chi connectivity index (χ3n) is 3.40. The predicted octanol–water partition coefficient (Wildman–Crippen LogP) is 0.282. The summed E-state index contributed by atoms with van der Waals surface area (Å²) in [5.41, 5.74) is 0. The molecule has 0 aromatic rings. The minimum atomic E-state index is -3.41. The topological polar surface area (TPSA) is 74.8 Å². The highest BCUT2D eigenvalue weighted by molar-refractivity contribution is 7.92. The molecule has 0 spiro atoms.